The number of aliphatic hydroxyl groups is 1. The number of benzene rings is 1. The van der Waals surface area contributed by atoms with Gasteiger partial charge in [-0.3, -0.25) is 9.56 Å². The monoisotopic (exact) mass is 386 g/mol. The van der Waals surface area contributed by atoms with Gasteiger partial charge in [0, 0.05) is 34.1 Å². The Morgan fingerprint density at radius 3 is 2.58 bits per heavy atom. The summed E-state index contributed by atoms with van der Waals surface area (Å²) in [5.74, 6) is 1.61. The van der Waals surface area contributed by atoms with Crippen molar-refractivity contribution in [1.82, 2.24) is 14.8 Å². The van der Waals surface area contributed by atoms with Gasteiger partial charge in [-0.15, -0.1) is 21.5 Å². The molecule has 5 nitrogen and oxygen atoms in total. The van der Waals surface area contributed by atoms with Crippen LogP contribution in [0.15, 0.2) is 29.3 Å². The quantitative estimate of drug-likeness (QED) is 0.734. The van der Waals surface area contributed by atoms with Crippen molar-refractivity contribution in [2.75, 3.05) is 6.61 Å². The molecular formula is C19H19ClN4OS. The molecule has 0 bridgehead atoms. The average Bonchev–Trinajstić information content (AvgIpc) is 3.09. The Labute approximate surface area is 161 Å². The molecule has 4 rings (SSSR count). The molecule has 0 fully saturated rings. The topological polar surface area (TPSA) is 63.3 Å². The molecule has 0 unspecified atom stereocenters. The molecule has 0 spiro atoms. The van der Waals surface area contributed by atoms with Crippen LogP contribution in [0, 0.1) is 20.8 Å². The third-order valence-electron chi connectivity index (χ3n) is 4.76. The van der Waals surface area contributed by atoms with Crippen LogP contribution in [0.4, 0.5) is 0 Å². The SMILES string of the molecule is Cc1sc2c(c1C)C(c1ccc(Cl)cc1)=N[C@@H](CCO)c1nnc(C)n1-2. The first-order chi connectivity index (χ1) is 12.5. The van der Waals surface area contributed by atoms with Crippen LogP contribution in [-0.2, 0) is 0 Å². The van der Waals surface area contributed by atoms with Crippen molar-refractivity contribution < 1.29 is 5.11 Å². The van der Waals surface area contributed by atoms with E-state index in [1.807, 2.05) is 31.2 Å². The van der Waals surface area contributed by atoms with Crippen molar-refractivity contribution >= 4 is 28.6 Å². The predicted octanol–water partition coefficient (Wildman–Crippen LogP) is 4.18. The minimum atomic E-state index is -0.244. The van der Waals surface area contributed by atoms with Gasteiger partial charge in [0.25, 0.3) is 0 Å². The van der Waals surface area contributed by atoms with E-state index in [1.54, 1.807) is 11.3 Å². The fraction of sp³-hybridized carbons (Fsp3) is 0.316. The highest BCUT2D eigenvalue weighted by molar-refractivity contribution is 7.15. The fourth-order valence-corrected chi connectivity index (χ4v) is 4.65. The van der Waals surface area contributed by atoms with Crippen LogP contribution in [0.3, 0.4) is 0 Å². The lowest BCUT2D eigenvalue weighted by molar-refractivity contribution is 0.274. The molecule has 0 saturated heterocycles. The van der Waals surface area contributed by atoms with Crippen LogP contribution in [0.1, 0.15) is 45.7 Å². The minimum Gasteiger partial charge on any atom is -0.396 e. The van der Waals surface area contributed by atoms with Gasteiger partial charge in [0.15, 0.2) is 5.82 Å². The molecule has 26 heavy (non-hydrogen) atoms. The number of aliphatic hydroxyl groups excluding tert-OH is 1. The maximum atomic E-state index is 9.56. The van der Waals surface area contributed by atoms with E-state index in [0.29, 0.717) is 11.4 Å². The van der Waals surface area contributed by atoms with Crippen molar-refractivity contribution in [3.8, 4) is 5.00 Å². The van der Waals surface area contributed by atoms with Gasteiger partial charge in [0.1, 0.15) is 16.9 Å². The highest BCUT2D eigenvalue weighted by Crippen LogP contribution is 2.39. The van der Waals surface area contributed by atoms with Crippen LogP contribution in [0.5, 0.6) is 0 Å². The molecule has 0 amide bonds. The van der Waals surface area contributed by atoms with Gasteiger partial charge in [0.2, 0.25) is 0 Å². The molecule has 2 aromatic heterocycles. The van der Waals surface area contributed by atoms with Crippen LogP contribution in [-0.4, -0.2) is 32.2 Å². The number of aromatic nitrogens is 3. The Morgan fingerprint density at radius 2 is 1.88 bits per heavy atom. The molecule has 3 heterocycles. The van der Waals surface area contributed by atoms with Gasteiger partial charge in [-0.25, -0.2) is 0 Å². The number of hydrogen-bond donors (Lipinski definition) is 1. The Hall–Kier alpha value is -2.02. The van der Waals surface area contributed by atoms with E-state index in [1.165, 1.54) is 10.4 Å². The predicted molar refractivity (Wildman–Crippen MR) is 105 cm³/mol. The fourth-order valence-electron chi connectivity index (χ4n) is 3.31. The van der Waals surface area contributed by atoms with E-state index in [4.69, 9.17) is 16.6 Å². The number of halogens is 1. The van der Waals surface area contributed by atoms with Crippen LogP contribution in [0.25, 0.3) is 5.00 Å². The summed E-state index contributed by atoms with van der Waals surface area (Å²) in [4.78, 5) is 6.28. The number of aliphatic imine (C=N–C) groups is 1. The van der Waals surface area contributed by atoms with Crippen LogP contribution >= 0.6 is 22.9 Å². The zero-order valence-electron chi connectivity index (χ0n) is 14.8. The van der Waals surface area contributed by atoms with Gasteiger partial charge in [-0.1, -0.05) is 23.7 Å². The second-order valence-corrected chi connectivity index (χ2v) is 8.06. The molecule has 1 aromatic carbocycles. The third kappa shape index (κ3) is 2.69. The highest BCUT2D eigenvalue weighted by Gasteiger charge is 2.30. The molecule has 1 aliphatic heterocycles. The number of fused-ring (bicyclic) bond motifs is 3. The lowest BCUT2D eigenvalue weighted by Gasteiger charge is -2.11. The van der Waals surface area contributed by atoms with Crippen molar-refractivity contribution in [1.29, 1.82) is 0 Å². The summed E-state index contributed by atoms with van der Waals surface area (Å²) >= 11 is 7.81. The molecule has 1 aliphatic rings. The van der Waals surface area contributed by atoms with E-state index in [9.17, 15) is 5.11 Å². The first-order valence-corrected chi connectivity index (χ1v) is 9.68. The van der Waals surface area contributed by atoms with Crippen LogP contribution in [0.2, 0.25) is 5.02 Å². The Kier molecular flexibility index (Phi) is 4.42. The summed E-state index contributed by atoms with van der Waals surface area (Å²) in [6.45, 7) is 6.24. The molecule has 0 saturated carbocycles. The molecule has 134 valence electrons. The van der Waals surface area contributed by atoms with Crippen molar-refractivity contribution in [3.05, 3.63) is 62.5 Å². The van der Waals surface area contributed by atoms with Gasteiger partial charge in [-0.2, -0.15) is 0 Å². The van der Waals surface area contributed by atoms with Gasteiger partial charge in [0.05, 0.1) is 5.71 Å². The molecular weight excluding hydrogens is 368 g/mol. The summed E-state index contributed by atoms with van der Waals surface area (Å²) in [6, 6.07) is 7.50. The summed E-state index contributed by atoms with van der Waals surface area (Å²) in [5.41, 5.74) is 4.25. The van der Waals surface area contributed by atoms with Crippen LogP contribution < -0.4 is 0 Å². The first kappa shape index (κ1) is 17.4. The average molecular weight is 387 g/mol. The molecule has 0 radical (unpaired) electrons. The zero-order valence-corrected chi connectivity index (χ0v) is 16.4. The Balaban J connectivity index is 2.03. The third-order valence-corrected chi connectivity index (χ3v) is 6.20. The summed E-state index contributed by atoms with van der Waals surface area (Å²) in [7, 11) is 0. The number of hydrogen-bond acceptors (Lipinski definition) is 5. The van der Waals surface area contributed by atoms with Crippen molar-refractivity contribution in [2.45, 2.75) is 33.2 Å². The first-order valence-electron chi connectivity index (χ1n) is 8.48. The Morgan fingerprint density at radius 1 is 1.15 bits per heavy atom. The second-order valence-electron chi connectivity index (χ2n) is 6.42. The molecule has 0 aliphatic carbocycles. The number of rotatable bonds is 3. The highest BCUT2D eigenvalue weighted by atomic mass is 35.5. The smallest absolute Gasteiger partial charge is 0.163 e. The number of thiophene rings is 1. The normalized spacial score (nSPS) is 16.0. The molecule has 3 aromatic rings. The molecule has 1 N–H and O–H groups in total. The summed E-state index contributed by atoms with van der Waals surface area (Å²) < 4.78 is 2.09. The second kappa shape index (κ2) is 6.61. The van der Waals surface area contributed by atoms with E-state index in [0.717, 1.165) is 33.5 Å². The maximum absolute atomic E-state index is 9.56. The van der Waals surface area contributed by atoms with E-state index >= 15 is 0 Å². The molecule has 7 heteroatoms. The zero-order chi connectivity index (χ0) is 18.4. The van der Waals surface area contributed by atoms with Gasteiger partial charge in [-0.05, 0) is 38.5 Å². The Bertz CT molecular complexity index is 1000. The van der Waals surface area contributed by atoms with E-state index in [2.05, 4.69) is 28.6 Å². The standard InChI is InChI=1S/C19H19ClN4OS/c1-10-11(2)26-19-16(10)17(13-4-6-14(20)7-5-13)21-15(8-9-25)18-23-22-12(3)24(18)19/h4-7,15,25H,8-9H2,1-3H3/t15-/m0/s1. The maximum Gasteiger partial charge on any atom is 0.163 e. The van der Waals surface area contributed by atoms with E-state index in [-0.39, 0.29) is 12.6 Å². The van der Waals surface area contributed by atoms with Gasteiger partial charge >= 0.3 is 0 Å². The van der Waals surface area contributed by atoms with Crippen molar-refractivity contribution in [3.63, 3.8) is 0 Å². The van der Waals surface area contributed by atoms with Crippen molar-refractivity contribution in [2.24, 2.45) is 4.99 Å². The summed E-state index contributed by atoms with van der Waals surface area (Å²) in [6.07, 6.45) is 0.502. The lowest BCUT2D eigenvalue weighted by atomic mass is 9.99. The lowest BCUT2D eigenvalue weighted by Crippen LogP contribution is -2.08. The van der Waals surface area contributed by atoms with E-state index < -0.39 is 0 Å². The minimum absolute atomic E-state index is 0.0413. The number of aryl methyl sites for hydroxylation is 2. The summed E-state index contributed by atoms with van der Waals surface area (Å²) in [5, 5.41) is 20.0. The largest absolute Gasteiger partial charge is 0.396 e. The van der Waals surface area contributed by atoms with Gasteiger partial charge < -0.3 is 5.11 Å². The number of nitrogens with zero attached hydrogens (tertiary/aromatic N) is 4. The molecule has 1 atom stereocenters.